The lowest BCUT2D eigenvalue weighted by molar-refractivity contribution is 0.468. The van der Waals surface area contributed by atoms with Crippen molar-refractivity contribution in [3.8, 4) is 17.0 Å². The number of benzene rings is 1. The predicted molar refractivity (Wildman–Crippen MR) is 83.2 cm³/mol. The van der Waals surface area contributed by atoms with E-state index in [1.54, 1.807) is 30.1 Å². The van der Waals surface area contributed by atoms with E-state index in [9.17, 15) is 5.11 Å². The third kappa shape index (κ3) is 2.04. The summed E-state index contributed by atoms with van der Waals surface area (Å²) < 4.78 is 2.81. The largest absolute Gasteiger partial charge is 0.506 e. The lowest BCUT2D eigenvalue weighted by Gasteiger charge is -2.04. The molecule has 2 aromatic heterocycles. The highest BCUT2D eigenvalue weighted by Crippen LogP contribution is 2.38. The van der Waals surface area contributed by atoms with E-state index in [0.29, 0.717) is 14.6 Å². The number of anilines is 1. The second kappa shape index (κ2) is 4.71. The Kier molecular flexibility index (Phi) is 3.14. The molecule has 0 atom stereocenters. The minimum Gasteiger partial charge on any atom is -0.506 e. The number of aromatic nitrogens is 4. The Hall–Kier alpha value is -1.67. The van der Waals surface area contributed by atoms with Gasteiger partial charge in [0.2, 0.25) is 5.95 Å². The summed E-state index contributed by atoms with van der Waals surface area (Å²) in [6, 6.07) is 3.58. The monoisotopic (exact) mass is 397 g/mol. The molecule has 2 heterocycles. The fourth-order valence-electron chi connectivity index (χ4n) is 1.97. The number of nitrogens with two attached hydrogens (primary N) is 1. The van der Waals surface area contributed by atoms with Gasteiger partial charge in [-0.15, -0.1) is 0 Å². The highest BCUT2D eigenvalue weighted by Gasteiger charge is 2.15. The lowest BCUT2D eigenvalue weighted by atomic mass is 10.1. The van der Waals surface area contributed by atoms with E-state index < -0.39 is 0 Å². The highest BCUT2D eigenvalue weighted by molar-refractivity contribution is 9.11. The maximum absolute atomic E-state index is 9.77. The van der Waals surface area contributed by atoms with Gasteiger partial charge in [-0.05, 0) is 44.0 Å². The van der Waals surface area contributed by atoms with Gasteiger partial charge in [-0.1, -0.05) is 0 Å². The lowest BCUT2D eigenvalue weighted by Crippen LogP contribution is -1.97. The molecule has 1 aromatic carbocycles. The Morgan fingerprint density at radius 3 is 2.55 bits per heavy atom. The first-order chi connectivity index (χ1) is 9.47. The quantitative estimate of drug-likeness (QED) is 0.657. The standard InChI is InChI=1S/C12H9Br2N5O/c1-19-11-6(4-16-12(15)17-11)9(18-19)5-2-7(13)10(20)8(14)3-5/h2-4,20H,1H3,(H2,15,16,17). The van der Waals surface area contributed by atoms with Crippen molar-refractivity contribution in [2.75, 3.05) is 5.73 Å². The molecule has 0 unspecified atom stereocenters. The van der Waals surface area contributed by atoms with Crippen molar-refractivity contribution < 1.29 is 5.11 Å². The summed E-state index contributed by atoms with van der Waals surface area (Å²) in [5, 5.41) is 15.0. The first-order valence-corrected chi connectivity index (χ1v) is 7.19. The molecule has 0 spiro atoms. The number of aryl methyl sites for hydroxylation is 1. The van der Waals surface area contributed by atoms with E-state index in [-0.39, 0.29) is 11.7 Å². The molecule has 0 bridgehead atoms. The summed E-state index contributed by atoms with van der Waals surface area (Å²) in [5.74, 6) is 0.356. The van der Waals surface area contributed by atoms with Gasteiger partial charge < -0.3 is 10.8 Å². The van der Waals surface area contributed by atoms with Crippen molar-refractivity contribution in [2.45, 2.75) is 0 Å². The van der Waals surface area contributed by atoms with Crippen LogP contribution in [0.25, 0.3) is 22.3 Å². The van der Waals surface area contributed by atoms with Crippen LogP contribution in [0.15, 0.2) is 27.3 Å². The van der Waals surface area contributed by atoms with E-state index >= 15 is 0 Å². The molecule has 0 radical (unpaired) electrons. The number of halogens is 2. The summed E-state index contributed by atoms with van der Waals surface area (Å²) in [7, 11) is 1.79. The molecule has 0 saturated carbocycles. The third-order valence-electron chi connectivity index (χ3n) is 2.89. The van der Waals surface area contributed by atoms with E-state index in [4.69, 9.17) is 5.73 Å². The molecule has 0 aliphatic rings. The van der Waals surface area contributed by atoms with Crippen molar-refractivity contribution in [1.29, 1.82) is 0 Å². The average molecular weight is 399 g/mol. The number of aromatic hydroxyl groups is 1. The fraction of sp³-hybridized carbons (Fsp3) is 0.0833. The van der Waals surface area contributed by atoms with Crippen molar-refractivity contribution in [3.05, 3.63) is 27.3 Å². The first-order valence-electron chi connectivity index (χ1n) is 5.61. The van der Waals surface area contributed by atoms with Gasteiger partial charge in [0.05, 0.1) is 14.3 Å². The topological polar surface area (TPSA) is 89.8 Å². The van der Waals surface area contributed by atoms with Crippen LogP contribution in [0.3, 0.4) is 0 Å². The van der Waals surface area contributed by atoms with Gasteiger partial charge in [-0.3, -0.25) is 0 Å². The number of hydrogen-bond acceptors (Lipinski definition) is 5. The molecule has 0 amide bonds. The van der Waals surface area contributed by atoms with Crippen molar-refractivity contribution >= 4 is 48.8 Å². The zero-order chi connectivity index (χ0) is 14.4. The van der Waals surface area contributed by atoms with Gasteiger partial charge in [0, 0.05) is 18.8 Å². The second-order valence-corrected chi connectivity index (χ2v) is 5.93. The number of rotatable bonds is 1. The molecule has 0 saturated heterocycles. The maximum atomic E-state index is 9.77. The normalized spacial score (nSPS) is 11.2. The first kappa shape index (κ1) is 13.3. The maximum Gasteiger partial charge on any atom is 0.222 e. The highest BCUT2D eigenvalue weighted by atomic mass is 79.9. The van der Waals surface area contributed by atoms with Crippen LogP contribution in [0.2, 0.25) is 0 Å². The summed E-state index contributed by atoms with van der Waals surface area (Å²) in [5.41, 5.74) is 7.82. The summed E-state index contributed by atoms with van der Waals surface area (Å²) in [6.07, 6.45) is 1.65. The summed E-state index contributed by atoms with van der Waals surface area (Å²) in [4.78, 5) is 8.19. The predicted octanol–water partition coefficient (Wildman–Crippen LogP) is 2.84. The second-order valence-electron chi connectivity index (χ2n) is 4.23. The van der Waals surface area contributed by atoms with Crippen molar-refractivity contribution in [2.24, 2.45) is 7.05 Å². The number of nitrogens with zero attached hydrogens (tertiary/aromatic N) is 4. The van der Waals surface area contributed by atoms with Crippen LogP contribution < -0.4 is 5.73 Å². The molecule has 0 aliphatic heterocycles. The molecule has 6 nitrogen and oxygen atoms in total. The third-order valence-corrected chi connectivity index (χ3v) is 4.10. The van der Waals surface area contributed by atoms with Gasteiger partial charge in [-0.2, -0.15) is 10.1 Å². The van der Waals surface area contributed by atoms with Crippen LogP contribution in [-0.2, 0) is 7.05 Å². The minimum atomic E-state index is 0.148. The molecule has 0 fully saturated rings. The molecule has 102 valence electrons. The molecule has 8 heteroatoms. The van der Waals surface area contributed by atoms with Crippen LogP contribution in [0, 0.1) is 0 Å². The van der Waals surface area contributed by atoms with Crippen LogP contribution >= 0.6 is 31.9 Å². The fourth-order valence-corrected chi connectivity index (χ4v) is 3.15. The van der Waals surface area contributed by atoms with Gasteiger partial charge in [0.15, 0.2) is 5.65 Å². The van der Waals surface area contributed by atoms with Crippen molar-refractivity contribution in [1.82, 2.24) is 19.7 Å². The molecule has 0 aliphatic carbocycles. The number of phenolic OH excluding ortho intramolecular Hbond substituents is 1. The number of hydrogen-bond donors (Lipinski definition) is 2. The summed E-state index contributed by atoms with van der Waals surface area (Å²) >= 11 is 6.62. The number of nitrogen functional groups attached to an aromatic ring is 1. The smallest absolute Gasteiger partial charge is 0.222 e. The van der Waals surface area contributed by atoms with Gasteiger partial charge >= 0.3 is 0 Å². The zero-order valence-electron chi connectivity index (χ0n) is 10.3. The number of fused-ring (bicyclic) bond motifs is 1. The summed E-state index contributed by atoms with van der Waals surface area (Å²) in [6.45, 7) is 0. The van der Waals surface area contributed by atoms with E-state index in [1.807, 2.05) is 0 Å². The average Bonchev–Trinajstić information content (AvgIpc) is 2.72. The van der Waals surface area contributed by atoms with Crippen LogP contribution in [-0.4, -0.2) is 24.9 Å². The van der Waals surface area contributed by atoms with E-state index in [2.05, 4.69) is 46.9 Å². The SMILES string of the molecule is Cn1nc(-c2cc(Br)c(O)c(Br)c2)c2cnc(N)nc21. The van der Waals surface area contributed by atoms with Crippen molar-refractivity contribution in [3.63, 3.8) is 0 Å². The molecule has 3 aromatic rings. The van der Waals surface area contributed by atoms with E-state index in [1.165, 1.54) is 0 Å². The molecular formula is C12H9Br2N5O. The van der Waals surface area contributed by atoms with Gasteiger partial charge in [-0.25, -0.2) is 9.67 Å². The molecule has 20 heavy (non-hydrogen) atoms. The van der Waals surface area contributed by atoms with E-state index in [0.717, 1.165) is 16.6 Å². The molecule has 3 rings (SSSR count). The van der Waals surface area contributed by atoms with Gasteiger partial charge in [0.1, 0.15) is 11.4 Å². The Morgan fingerprint density at radius 2 is 1.90 bits per heavy atom. The van der Waals surface area contributed by atoms with Gasteiger partial charge in [0.25, 0.3) is 0 Å². The zero-order valence-corrected chi connectivity index (χ0v) is 13.5. The Labute approximate surface area is 130 Å². The molecule has 3 N–H and O–H groups in total. The van der Waals surface area contributed by atoms with Crippen LogP contribution in [0.4, 0.5) is 5.95 Å². The van der Waals surface area contributed by atoms with Crippen LogP contribution in [0.5, 0.6) is 5.75 Å². The Morgan fingerprint density at radius 1 is 1.25 bits per heavy atom. The molecular weight excluding hydrogens is 390 g/mol. The van der Waals surface area contributed by atoms with Crippen LogP contribution in [0.1, 0.15) is 0 Å². The Balaban J connectivity index is 2.30. The Bertz CT molecular complexity index is 807. The minimum absolute atomic E-state index is 0.148. The number of phenols is 1.